The highest BCUT2D eigenvalue weighted by atomic mass is 35.5. The third-order valence-corrected chi connectivity index (χ3v) is 3.34. The van der Waals surface area contributed by atoms with Crippen molar-refractivity contribution in [3.63, 3.8) is 0 Å². The van der Waals surface area contributed by atoms with Crippen molar-refractivity contribution >= 4 is 29.1 Å². The van der Waals surface area contributed by atoms with Crippen LogP contribution >= 0.6 is 23.2 Å². The fourth-order valence-electron chi connectivity index (χ4n) is 1.83. The molecule has 1 saturated heterocycles. The molecule has 1 amide bonds. The van der Waals surface area contributed by atoms with E-state index in [-0.39, 0.29) is 17.6 Å². The lowest BCUT2D eigenvalue weighted by Gasteiger charge is -2.32. The predicted molar refractivity (Wildman–Crippen MR) is 67.8 cm³/mol. The minimum Gasteiger partial charge on any atom is -0.373 e. The zero-order chi connectivity index (χ0) is 13.1. The van der Waals surface area contributed by atoms with Crippen LogP contribution in [-0.2, 0) is 4.74 Å². The van der Waals surface area contributed by atoms with Crippen LogP contribution in [0.4, 0.5) is 4.39 Å². The van der Waals surface area contributed by atoms with Crippen LogP contribution in [0.2, 0.25) is 5.02 Å². The highest BCUT2D eigenvalue weighted by Crippen LogP contribution is 2.18. The van der Waals surface area contributed by atoms with E-state index in [1.807, 2.05) is 0 Å². The van der Waals surface area contributed by atoms with Gasteiger partial charge in [-0.3, -0.25) is 4.79 Å². The molecule has 18 heavy (non-hydrogen) atoms. The topological polar surface area (TPSA) is 29.5 Å². The summed E-state index contributed by atoms with van der Waals surface area (Å²) in [5.74, 6) is -0.645. The van der Waals surface area contributed by atoms with E-state index in [9.17, 15) is 9.18 Å². The third-order valence-electron chi connectivity index (χ3n) is 2.76. The van der Waals surface area contributed by atoms with Gasteiger partial charge in [-0.2, -0.15) is 0 Å². The summed E-state index contributed by atoms with van der Waals surface area (Å²) in [5, 5.41) is 0.335. The Morgan fingerprint density at radius 1 is 1.56 bits per heavy atom. The fraction of sp³-hybridized carbons (Fsp3) is 0.417. The minimum absolute atomic E-state index is 0.0160. The summed E-state index contributed by atoms with van der Waals surface area (Å²) >= 11 is 11.5. The lowest BCUT2D eigenvalue weighted by molar-refractivity contribution is -0.0109. The lowest BCUT2D eigenvalue weighted by Crippen LogP contribution is -2.46. The summed E-state index contributed by atoms with van der Waals surface area (Å²) in [6.45, 7) is 1.21. The maximum absolute atomic E-state index is 13.6. The summed E-state index contributed by atoms with van der Waals surface area (Å²) in [5.41, 5.74) is -0.0160. The number of carbonyl (C=O) groups is 1. The number of ether oxygens (including phenoxy) is 1. The first-order valence-electron chi connectivity index (χ1n) is 5.53. The van der Waals surface area contributed by atoms with Crippen molar-refractivity contribution in [2.45, 2.75) is 6.10 Å². The van der Waals surface area contributed by atoms with Crippen molar-refractivity contribution in [1.82, 2.24) is 4.90 Å². The number of rotatable bonds is 2. The van der Waals surface area contributed by atoms with Gasteiger partial charge < -0.3 is 9.64 Å². The Morgan fingerprint density at radius 3 is 3.06 bits per heavy atom. The maximum Gasteiger partial charge on any atom is 0.257 e. The Hall–Kier alpha value is -0.840. The Kier molecular flexibility index (Phi) is 4.43. The maximum atomic E-state index is 13.6. The van der Waals surface area contributed by atoms with Gasteiger partial charge in [0.15, 0.2) is 0 Å². The van der Waals surface area contributed by atoms with Gasteiger partial charge in [0, 0.05) is 18.1 Å². The second-order valence-electron chi connectivity index (χ2n) is 4.02. The lowest BCUT2D eigenvalue weighted by atomic mass is 10.1. The van der Waals surface area contributed by atoms with Crippen LogP contribution in [0.15, 0.2) is 18.2 Å². The van der Waals surface area contributed by atoms with Gasteiger partial charge in [0.05, 0.1) is 24.2 Å². The molecule has 0 bridgehead atoms. The molecule has 3 nitrogen and oxygen atoms in total. The van der Waals surface area contributed by atoms with Crippen LogP contribution < -0.4 is 0 Å². The quantitative estimate of drug-likeness (QED) is 0.784. The summed E-state index contributed by atoms with van der Waals surface area (Å²) in [6, 6.07) is 3.94. The summed E-state index contributed by atoms with van der Waals surface area (Å²) in [4.78, 5) is 13.7. The van der Waals surface area contributed by atoms with Crippen LogP contribution in [0.25, 0.3) is 0 Å². The molecule has 2 rings (SSSR count). The summed E-state index contributed by atoms with van der Waals surface area (Å²) in [6.07, 6.45) is -0.202. The van der Waals surface area contributed by atoms with Gasteiger partial charge in [0.25, 0.3) is 5.91 Å². The SMILES string of the molecule is O=C(c1cc(Cl)ccc1F)N1CCOC(CCl)C1. The number of morpholine rings is 1. The second kappa shape index (κ2) is 5.87. The molecule has 0 aliphatic carbocycles. The van der Waals surface area contributed by atoms with Crippen LogP contribution in [0.1, 0.15) is 10.4 Å². The zero-order valence-corrected chi connectivity index (χ0v) is 11.0. The van der Waals surface area contributed by atoms with Crippen molar-refractivity contribution in [3.05, 3.63) is 34.6 Å². The molecule has 0 spiro atoms. The van der Waals surface area contributed by atoms with Gasteiger partial charge >= 0.3 is 0 Å². The number of benzene rings is 1. The number of nitrogens with zero attached hydrogens (tertiary/aromatic N) is 1. The van der Waals surface area contributed by atoms with E-state index in [4.69, 9.17) is 27.9 Å². The molecule has 1 aliphatic heterocycles. The van der Waals surface area contributed by atoms with Crippen molar-refractivity contribution in [2.24, 2.45) is 0 Å². The van der Waals surface area contributed by atoms with Crippen LogP contribution in [0, 0.1) is 5.82 Å². The molecule has 1 heterocycles. The Labute approximate surface area is 114 Å². The van der Waals surface area contributed by atoms with Crippen molar-refractivity contribution in [2.75, 3.05) is 25.6 Å². The molecule has 0 aromatic heterocycles. The van der Waals surface area contributed by atoms with Gasteiger partial charge in [-0.05, 0) is 18.2 Å². The molecule has 1 atom stereocenters. The Bertz CT molecular complexity index is 456. The summed E-state index contributed by atoms with van der Waals surface area (Å²) < 4.78 is 18.9. The van der Waals surface area contributed by atoms with E-state index in [0.29, 0.717) is 30.6 Å². The standard InChI is InChI=1S/C12H12Cl2FNO2/c13-6-9-7-16(3-4-18-9)12(17)10-5-8(14)1-2-11(10)15/h1-2,5,9H,3-4,6-7H2. The first-order chi connectivity index (χ1) is 8.61. The number of amides is 1. The van der Waals surface area contributed by atoms with E-state index in [0.717, 1.165) is 0 Å². The monoisotopic (exact) mass is 291 g/mol. The molecule has 0 radical (unpaired) electrons. The zero-order valence-electron chi connectivity index (χ0n) is 9.54. The fourth-order valence-corrected chi connectivity index (χ4v) is 2.19. The molecular formula is C12H12Cl2FNO2. The molecule has 0 N–H and O–H groups in total. The van der Waals surface area contributed by atoms with Crippen LogP contribution in [0.3, 0.4) is 0 Å². The number of halogens is 3. The van der Waals surface area contributed by atoms with E-state index in [1.54, 1.807) is 0 Å². The third kappa shape index (κ3) is 2.94. The molecule has 0 saturated carbocycles. The Morgan fingerprint density at radius 2 is 2.33 bits per heavy atom. The largest absolute Gasteiger partial charge is 0.373 e. The first kappa shape index (κ1) is 13.6. The second-order valence-corrected chi connectivity index (χ2v) is 4.77. The molecule has 1 fully saturated rings. The van der Waals surface area contributed by atoms with Gasteiger partial charge in [-0.15, -0.1) is 11.6 Å². The normalized spacial score (nSPS) is 19.9. The van der Waals surface area contributed by atoms with Crippen LogP contribution in [-0.4, -0.2) is 42.5 Å². The van der Waals surface area contributed by atoms with Gasteiger partial charge in [0.2, 0.25) is 0 Å². The number of hydrogen-bond acceptors (Lipinski definition) is 2. The van der Waals surface area contributed by atoms with E-state index >= 15 is 0 Å². The van der Waals surface area contributed by atoms with Crippen LogP contribution in [0.5, 0.6) is 0 Å². The number of alkyl halides is 1. The molecule has 1 aromatic rings. The highest BCUT2D eigenvalue weighted by Gasteiger charge is 2.26. The van der Waals surface area contributed by atoms with Crippen molar-refractivity contribution in [1.29, 1.82) is 0 Å². The van der Waals surface area contributed by atoms with Gasteiger partial charge in [-0.25, -0.2) is 4.39 Å². The predicted octanol–water partition coefficient (Wildman–Crippen LogP) is 2.56. The smallest absolute Gasteiger partial charge is 0.257 e. The number of carbonyl (C=O) groups excluding carboxylic acids is 1. The number of hydrogen-bond donors (Lipinski definition) is 0. The van der Waals surface area contributed by atoms with Crippen molar-refractivity contribution < 1.29 is 13.9 Å². The first-order valence-corrected chi connectivity index (χ1v) is 6.45. The molecule has 98 valence electrons. The van der Waals surface area contributed by atoms with Gasteiger partial charge in [0.1, 0.15) is 5.82 Å². The summed E-state index contributed by atoms with van der Waals surface area (Å²) in [7, 11) is 0. The van der Waals surface area contributed by atoms with Gasteiger partial charge in [-0.1, -0.05) is 11.6 Å². The molecule has 1 unspecified atom stereocenters. The highest BCUT2D eigenvalue weighted by molar-refractivity contribution is 6.31. The van der Waals surface area contributed by atoms with E-state index < -0.39 is 5.82 Å². The Balaban J connectivity index is 2.17. The molecular weight excluding hydrogens is 280 g/mol. The van der Waals surface area contributed by atoms with E-state index in [2.05, 4.69) is 0 Å². The molecule has 6 heteroatoms. The average Bonchev–Trinajstić information content (AvgIpc) is 2.41. The van der Waals surface area contributed by atoms with E-state index in [1.165, 1.54) is 23.1 Å². The molecule has 1 aromatic carbocycles. The van der Waals surface area contributed by atoms with Crippen molar-refractivity contribution in [3.8, 4) is 0 Å². The molecule has 1 aliphatic rings. The average molecular weight is 292 g/mol. The minimum atomic E-state index is -0.571.